The number of rotatable bonds is 2. The van der Waals surface area contributed by atoms with Gasteiger partial charge in [-0.2, -0.15) is 0 Å². The van der Waals surface area contributed by atoms with Crippen molar-refractivity contribution in [3.8, 4) is 0 Å². The molecule has 130 valence electrons. The van der Waals surface area contributed by atoms with Gasteiger partial charge in [0, 0.05) is 12.2 Å². The summed E-state index contributed by atoms with van der Waals surface area (Å²) in [6, 6.07) is 5.03. The lowest BCUT2D eigenvalue weighted by Crippen LogP contribution is -2.27. The Labute approximate surface area is 144 Å². The molecule has 1 aromatic carbocycles. The predicted molar refractivity (Wildman–Crippen MR) is 93.5 cm³/mol. The van der Waals surface area contributed by atoms with Gasteiger partial charge in [0.15, 0.2) is 0 Å². The lowest BCUT2D eigenvalue weighted by atomic mass is 9.95. The monoisotopic (exact) mass is 341 g/mol. The summed E-state index contributed by atoms with van der Waals surface area (Å²) in [6.45, 7) is 1.34. The lowest BCUT2D eigenvalue weighted by molar-refractivity contribution is 0.102. The molecule has 6 heteroatoms. The van der Waals surface area contributed by atoms with E-state index in [2.05, 4.69) is 15.6 Å². The molecule has 0 spiro atoms. The van der Waals surface area contributed by atoms with Crippen molar-refractivity contribution >= 4 is 11.6 Å². The van der Waals surface area contributed by atoms with Crippen LogP contribution in [0.25, 0.3) is 0 Å². The topological polar surface area (TPSA) is 74.0 Å². The van der Waals surface area contributed by atoms with E-state index < -0.39 is 17.3 Å². The summed E-state index contributed by atoms with van der Waals surface area (Å²) in [5, 5.41) is 5.76. The SMILES string of the molecule is O=C(Nc1ccc2c(c1F)CCNC2)c1cc2c([nH]c1=O)CCCC2. The van der Waals surface area contributed by atoms with Crippen LogP contribution in [0.3, 0.4) is 0 Å². The van der Waals surface area contributed by atoms with Crippen LogP contribution in [0.1, 0.15) is 45.6 Å². The van der Waals surface area contributed by atoms with Crippen LogP contribution in [0.5, 0.6) is 0 Å². The van der Waals surface area contributed by atoms with E-state index in [9.17, 15) is 14.0 Å². The Bertz CT molecular complexity index is 904. The number of anilines is 1. The smallest absolute Gasteiger partial charge is 0.261 e. The van der Waals surface area contributed by atoms with Crippen molar-refractivity contribution in [1.82, 2.24) is 10.3 Å². The number of nitrogens with one attached hydrogen (secondary N) is 3. The molecule has 2 heterocycles. The first-order valence-electron chi connectivity index (χ1n) is 8.71. The average molecular weight is 341 g/mol. The number of hydrogen-bond donors (Lipinski definition) is 3. The van der Waals surface area contributed by atoms with Crippen LogP contribution >= 0.6 is 0 Å². The van der Waals surface area contributed by atoms with Gasteiger partial charge in [-0.05, 0) is 67.5 Å². The molecule has 4 rings (SSSR count). The Balaban J connectivity index is 1.64. The van der Waals surface area contributed by atoms with Gasteiger partial charge in [0.25, 0.3) is 11.5 Å². The third kappa shape index (κ3) is 2.98. The van der Waals surface area contributed by atoms with Crippen molar-refractivity contribution < 1.29 is 9.18 Å². The number of aryl methyl sites for hydroxylation is 2. The molecule has 1 aliphatic heterocycles. The summed E-state index contributed by atoms with van der Waals surface area (Å²) in [5.41, 5.74) is 3.22. The van der Waals surface area contributed by atoms with Gasteiger partial charge in [-0.25, -0.2) is 4.39 Å². The number of aromatic nitrogens is 1. The molecule has 2 aliphatic rings. The minimum Gasteiger partial charge on any atom is -0.325 e. The van der Waals surface area contributed by atoms with Crippen molar-refractivity contribution in [2.45, 2.75) is 38.6 Å². The Morgan fingerprint density at radius 3 is 2.84 bits per heavy atom. The van der Waals surface area contributed by atoms with Gasteiger partial charge >= 0.3 is 0 Å². The summed E-state index contributed by atoms with van der Waals surface area (Å²) >= 11 is 0. The number of carbonyl (C=O) groups is 1. The fourth-order valence-corrected chi connectivity index (χ4v) is 3.66. The summed E-state index contributed by atoms with van der Waals surface area (Å²) in [6.07, 6.45) is 4.37. The van der Waals surface area contributed by atoms with Gasteiger partial charge in [-0.3, -0.25) is 9.59 Å². The van der Waals surface area contributed by atoms with Crippen LogP contribution in [0, 0.1) is 5.82 Å². The molecular formula is C19H20FN3O2. The highest BCUT2D eigenvalue weighted by atomic mass is 19.1. The van der Waals surface area contributed by atoms with E-state index in [4.69, 9.17) is 0 Å². The molecule has 25 heavy (non-hydrogen) atoms. The molecule has 5 nitrogen and oxygen atoms in total. The summed E-state index contributed by atoms with van der Waals surface area (Å²) in [4.78, 5) is 27.6. The summed E-state index contributed by atoms with van der Waals surface area (Å²) < 4.78 is 14.7. The number of fused-ring (bicyclic) bond motifs is 2. The molecule has 0 fully saturated rings. The quantitative estimate of drug-likeness (QED) is 0.785. The van der Waals surface area contributed by atoms with Crippen LogP contribution in [0.2, 0.25) is 0 Å². The molecule has 0 saturated carbocycles. The van der Waals surface area contributed by atoms with E-state index in [1.165, 1.54) is 0 Å². The zero-order valence-corrected chi connectivity index (χ0v) is 13.9. The van der Waals surface area contributed by atoms with Crippen LogP contribution < -0.4 is 16.2 Å². The van der Waals surface area contributed by atoms with E-state index in [0.717, 1.165) is 42.5 Å². The van der Waals surface area contributed by atoms with E-state index in [-0.39, 0.29) is 11.3 Å². The van der Waals surface area contributed by atoms with Crippen LogP contribution in [-0.2, 0) is 25.8 Å². The molecule has 0 unspecified atom stereocenters. The second-order valence-electron chi connectivity index (χ2n) is 6.67. The van der Waals surface area contributed by atoms with Crippen molar-refractivity contribution in [3.63, 3.8) is 0 Å². The van der Waals surface area contributed by atoms with Gasteiger partial charge in [-0.1, -0.05) is 6.07 Å². The molecule has 0 saturated heterocycles. The van der Waals surface area contributed by atoms with Crippen molar-refractivity contribution in [1.29, 1.82) is 0 Å². The molecule has 0 atom stereocenters. The Morgan fingerprint density at radius 2 is 1.96 bits per heavy atom. The van der Waals surface area contributed by atoms with E-state index in [1.807, 2.05) is 6.07 Å². The number of benzene rings is 1. The fraction of sp³-hybridized carbons (Fsp3) is 0.368. The van der Waals surface area contributed by atoms with Crippen molar-refractivity contribution in [2.24, 2.45) is 0 Å². The molecule has 0 radical (unpaired) electrons. The van der Waals surface area contributed by atoms with Crippen molar-refractivity contribution in [2.75, 3.05) is 11.9 Å². The predicted octanol–water partition coefficient (Wildman–Crippen LogP) is 2.29. The molecular weight excluding hydrogens is 321 g/mol. The molecule has 3 N–H and O–H groups in total. The number of pyridine rings is 1. The van der Waals surface area contributed by atoms with Gasteiger partial charge in [0.1, 0.15) is 11.4 Å². The highest BCUT2D eigenvalue weighted by Gasteiger charge is 2.20. The van der Waals surface area contributed by atoms with Crippen LogP contribution in [0.4, 0.5) is 10.1 Å². The maximum absolute atomic E-state index is 14.7. The van der Waals surface area contributed by atoms with Gasteiger partial charge in [0.2, 0.25) is 0 Å². The number of aromatic amines is 1. The number of H-pyrrole nitrogens is 1. The first-order valence-corrected chi connectivity index (χ1v) is 8.71. The normalized spacial score (nSPS) is 16.0. The van der Waals surface area contributed by atoms with Crippen molar-refractivity contribution in [3.05, 3.63) is 62.3 Å². The zero-order chi connectivity index (χ0) is 17.4. The summed E-state index contributed by atoms with van der Waals surface area (Å²) in [7, 11) is 0. The zero-order valence-electron chi connectivity index (χ0n) is 13.9. The maximum atomic E-state index is 14.7. The first kappa shape index (κ1) is 16.0. The number of amides is 1. The third-order valence-electron chi connectivity index (χ3n) is 5.04. The number of halogens is 1. The average Bonchev–Trinajstić information content (AvgIpc) is 2.63. The number of hydrogen-bond acceptors (Lipinski definition) is 3. The van der Waals surface area contributed by atoms with Gasteiger partial charge in [-0.15, -0.1) is 0 Å². The molecule has 1 aliphatic carbocycles. The fourth-order valence-electron chi connectivity index (χ4n) is 3.66. The van der Waals surface area contributed by atoms with Crippen LogP contribution in [-0.4, -0.2) is 17.4 Å². The third-order valence-corrected chi connectivity index (χ3v) is 5.04. The van der Waals surface area contributed by atoms with Crippen LogP contribution in [0.15, 0.2) is 23.0 Å². The highest BCUT2D eigenvalue weighted by Crippen LogP contribution is 2.25. The molecule has 0 bridgehead atoms. The molecule has 1 amide bonds. The second-order valence-corrected chi connectivity index (χ2v) is 6.67. The minimum absolute atomic E-state index is 0.0411. The lowest BCUT2D eigenvalue weighted by Gasteiger charge is -2.19. The van der Waals surface area contributed by atoms with Gasteiger partial charge < -0.3 is 15.6 Å². The van der Waals surface area contributed by atoms with Gasteiger partial charge in [0.05, 0.1) is 5.69 Å². The Hall–Kier alpha value is -2.47. The van der Waals surface area contributed by atoms with E-state index in [0.29, 0.717) is 25.1 Å². The minimum atomic E-state index is -0.567. The Morgan fingerprint density at radius 1 is 1.12 bits per heavy atom. The first-order chi connectivity index (χ1) is 12.1. The number of carbonyl (C=O) groups excluding carboxylic acids is 1. The molecule has 1 aromatic heterocycles. The standard InChI is InChI=1S/C19H20FN3O2/c20-17-13-7-8-21-10-12(13)5-6-16(17)23-19(25)14-9-11-3-1-2-4-15(11)22-18(14)24/h5-6,9,21H,1-4,7-8,10H2,(H,22,24)(H,23,25). The summed E-state index contributed by atoms with van der Waals surface area (Å²) in [5.74, 6) is -0.968. The maximum Gasteiger partial charge on any atom is 0.261 e. The highest BCUT2D eigenvalue weighted by molar-refractivity contribution is 6.04. The van der Waals surface area contributed by atoms with E-state index >= 15 is 0 Å². The van der Waals surface area contributed by atoms with E-state index in [1.54, 1.807) is 12.1 Å². The Kier molecular flexibility index (Phi) is 4.13. The second kappa shape index (κ2) is 6.44. The molecule has 2 aromatic rings. The largest absolute Gasteiger partial charge is 0.325 e.